The number of nitrogens with one attached hydrogen (secondary N) is 1. The smallest absolute Gasteiger partial charge is 0.312 e. The molecule has 130 valence electrons. The molecular formula is C20H19F3N2. The van der Waals surface area contributed by atoms with Gasteiger partial charge >= 0.3 is 6.18 Å². The largest absolute Gasteiger partial charge is 0.416 e. The van der Waals surface area contributed by atoms with E-state index in [2.05, 4.69) is 11.4 Å². The van der Waals surface area contributed by atoms with Crippen molar-refractivity contribution in [2.24, 2.45) is 0 Å². The molecule has 0 bridgehead atoms. The first kappa shape index (κ1) is 17.5. The summed E-state index contributed by atoms with van der Waals surface area (Å²) in [6.45, 7) is 1.25. The summed E-state index contributed by atoms with van der Waals surface area (Å²) in [4.78, 5) is 0. The first-order valence-corrected chi connectivity index (χ1v) is 8.30. The first-order valence-electron chi connectivity index (χ1n) is 8.30. The van der Waals surface area contributed by atoms with Crippen LogP contribution >= 0.6 is 0 Å². The van der Waals surface area contributed by atoms with Crippen molar-refractivity contribution in [2.75, 3.05) is 6.54 Å². The third-order valence-electron chi connectivity index (χ3n) is 4.64. The molecule has 2 nitrogen and oxygen atoms in total. The van der Waals surface area contributed by atoms with E-state index >= 15 is 0 Å². The molecule has 1 fully saturated rings. The van der Waals surface area contributed by atoms with Gasteiger partial charge in [-0.2, -0.15) is 18.4 Å². The monoisotopic (exact) mass is 344 g/mol. The molecule has 1 N–H and O–H groups in total. The summed E-state index contributed by atoms with van der Waals surface area (Å²) in [5.74, 6) is 0. The van der Waals surface area contributed by atoms with Crippen LogP contribution < -0.4 is 5.32 Å². The summed E-state index contributed by atoms with van der Waals surface area (Å²) in [5.41, 5.74) is 1.97. The number of benzene rings is 2. The molecule has 0 spiro atoms. The van der Waals surface area contributed by atoms with Gasteiger partial charge in [-0.15, -0.1) is 0 Å². The first-order chi connectivity index (χ1) is 11.9. The summed E-state index contributed by atoms with van der Waals surface area (Å²) in [7, 11) is 0. The van der Waals surface area contributed by atoms with Gasteiger partial charge in [0.15, 0.2) is 0 Å². The zero-order valence-electron chi connectivity index (χ0n) is 13.7. The Hall–Kier alpha value is -2.32. The van der Waals surface area contributed by atoms with E-state index in [9.17, 15) is 18.4 Å². The predicted molar refractivity (Wildman–Crippen MR) is 89.8 cm³/mol. The van der Waals surface area contributed by atoms with Crippen molar-refractivity contribution in [3.05, 3.63) is 70.8 Å². The Morgan fingerprint density at radius 2 is 1.76 bits per heavy atom. The molecule has 25 heavy (non-hydrogen) atoms. The maximum Gasteiger partial charge on any atom is 0.416 e. The highest BCUT2D eigenvalue weighted by molar-refractivity contribution is 5.40. The highest BCUT2D eigenvalue weighted by atomic mass is 19.4. The quantitative estimate of drug-likeness (QED) is 0.778. The fourth-order valence-corrected chi connectivity index (χ4v) is 2.90. The average Bonchev–Trinajstić information content (AvgIpc) is 3.40. The number of nitriles is 1. The Labute approximate surface area is 145 Å². The Balaban J connectivity index is 1.48. The molecule has 3 rings (SSSR count). The molecule has 2 aromatic rings. The molecular weight excluding hydrogens is 325 g/mol. The molecule has 0 heterocycles. The van der Waals surface area contributed by atoms with E-state index in [1.807, 2.05) is 24.3 Å². The molecule has 0 radical (unpaired) electrons. The van der Waals surface area contributed by atoms with Gasteiger partial charge in [0.2, 0.25) is 0 Å². The van der Waals surface area contributed by atoms with Crippen LogP contribution in [0.1, 0.15) is 35.1 Å². The molecule has 0 saturated heterocycles. The molecule has 1 aliphatic rings. The Morgan fingerprint density at radius 1 is 1.04 bits per heavy atom. The van der Waals surface area contributed by atoms with Crippen LogP contribution in [0.25, 0.3) is 0 Å². The lowest BCUT2D eigenvalue weighted by molar-refractivity contribution is -0.137. The third-order valence-corrected chi connectivity index (χ3v) is 4.64. The number of hydrogen-bond acceptors (Lipinski definition) is 2. The molecule has 2 aromatic carbocycles. The average molecular weight is 344 g/mol. The molecule has 0 aromatic heterocycles. The van der Waals surface area contributed by atoms with E-state index in [0.29, 0.717) is 25.1 Å². The molecule has 0 amide bonds. The van der Waals surface area contributed by atoms with Crippen molar-refractivity contribution in [3.8, 4) is 6.07 Å². The Kier molecular flexibility index (Phi) is 4.82. The van der Waals surface area contributed by atoms with Gasteiger partial charge in [-0.05, 0) is 48.6 Å². The van der Waals surface area contributed by atoms with Crippen molar-refractivity contribution in [1.29, 1.82) is 5.26 Å². The van der Waals surface area contributed by atoms with E-state index in [1.165, 1.54) is 12.1 Å². The van der Waals surface area contributed by atoms with Gasteiger partial charge in [-0.3, -0.25) is 0 Å². The highest BCUT2D eigenvalue weighted by Crippen LogP contribution is 2.47. The summed E-state index contributed by atoms with van der Waals surface area (Å²) in [6.07, 6.45) is -1.90. The van der Waals surface area contributed by atoms with Crippen LogP contribution in [-0.4, -0.2) is 6.54 Å². The molecule has 5 heteroatoms. The third kappa shape index (κ3) is 4.21. The van der Waals surface area contributed by atoms with Gasteiger partial charge in [0, 0.05) is 6.54 Å². The number of rotatable bonds is 6. The minimum absolute atomic E-state index is 0.268. The molecule has 1 aliphatic carbocycles. The van der Waals surface area contributed by atoms with E-state index in [1.54, 1.807) is 6.07 Å². The SMILES string of the molecule is N#CC1(c2ccc(CNCCc3cccc(C(F)(F)F)c3)cc2)CC1. The Bertz CT molecular complexity index is 769. The van der Waals surface area contributed by atoms with Gasteiger partial charge in [0.1, 0.15) is 0 Å². The summed E-state index contributed by atoms with van der Waals surface area (Å²) in [5, 5.41) is 12.4. The van der Waals surface area contributed by atoms with Crippen LogP contribution in [0.4, 0.5) is 13.2 Å². The van der Waals surface area contributed by atoms with Gasteiger partial charge in [-0.1, -0.05) is 42.5 Å². The van der Waals surface area contributed by atoms with Gasteiger partial charge < -0.3 is 5.32 Å². The maximum atomic E-state index is 12.7. The second-order valence-corrected chi connectivity index (χ2v) is 6.52. The van der Waals surface area contributed by atoms with Crippen LogP contribution in [0.5, 0.6) is 0 Å². The second kappa shape index (κ2) is 6.89. The minimum atomic E-state index is -4.30. The lowest BCUT2D eigenvalue weighted by atomic mass is 9.97. The van der Waals surface area contributed by atoms with E-state index < -0.39 is 11.7 Å². The van der Waals surface area contributed by atoms with Crippen LogP contribution in [0.3, 0.4) is 0 Å². The van der Waals surface area contributed by atoms with E-state index in [4.69, 9.17) is 0 Å². The number of nitrogens with zero attached hydrogens (tertiary/aromatic N) is 1. The summed E-state index contributed by atoms with van der Waals surface area (Å²) in [6, 6.07) is 15.8. The Morgan fingerprint density at radius 3 is 2.36 bits per heavy atom. The maximum absolute atomic E-state index is 12.7. The summed E-state index contributed by atoms with van der Waals surface area (Å²) < 4.78 is 38.1. The molecule has 0 atom stereocenters. The standard InChI is InChI=1S/C20H19F3N2/c21-20(22,23)18-3-1-2-15(12-18)8-11-25-13-16-4-6-17(7-5-16)19(14-24)9-10-19/h1-7,12,25H,8-11,13H2. The van der Waals surface area contributed by atoms with Crippen molar-refractivity contribution in [2.45, 2.75) is 37.4 Å². The van der Waals surface area contributed by atoms with Crippen molar-refractivity contribution < 1.29 is 13.2 Å². The van der Waals surface area contributed by atoms with Gasteiger partial charge in [0.25, 0.3) is 0 Å². The van der Waals surface area contributed by atoms with Crippen molar-refractivity contribution in [1.82, 2.24) is 5.32 Å². The zero-order chi connectivity index (χ0) is 17.9. The topological polar surface area (TPSA) is 35.8 Å². The van der Waals surface area contributed by atoms with E-state index in [-0.39, 0.29) is 5.41 Å². The fraction of sp³-hybridized carbons (Fsp3) is 0.350. The van der Waals surface area contributed by atoms with Crippen LogP contribution in [-0.2, 0) is 24.6 Å². The normalized spacial score (nSPS) is 15.6. The molecule has 1 saturated carbocycles. The predicted octanol–water partition coefficient (Wildman–Crippen LogP) is 4.59. The minimum Gasteiger partial charge on any atom is -0.312 e. The van der Waals surface area contributed by atoms with Gasteiger partial charge in [0.05, 0.1) is 17.0 Å². The van der Waals surface area contributed by atoms with Crippen LogP contribution in [0, 0.1) is 11.3 Å². The van der Waals surface area contributed by atoms with Crippen molar-refractivity contribution >= 4 is 0 Å². The number of alkyl halides is 3. The lowest BCUT2D eigenvalue weighted by Gasteiger charge is -2.10. The molecule has 0 unspecified atom stereocenters. The van der Waals surface area contributed by atoms with Crippen LogP contribution in [0.2, 0.25) is 0 Å². The molecule has 0 aliphatic heterocycles. The van der Waals surface area contributed by atoms with E-state index in [0.717, 1.165) is 30.0 Å². The number of hydrogen-bond donors (Lipinski definition) is 1. The van der Waals surface area contributed by atoms with Gasteiger partial charge in [-0.25, -0.2) is 0 Å². The van der Waals surface area contributed by atoms with Crippen LogP contribution in [0.15, 0.2) is 48.5 Å². The lowest BCUT2D eigenvalue weighted by Crippen LogP contribution is -2.17. The fourth-order valence-electron chi connectivity index (χ4n) is 2.90. The second-order valence-electron chi connectivity index (χ2n) is 6.52. The zero-order valence-corrected chi connectivity index (χ0v) is 13.7. The number of halogens is 3. The summed E-state index contributed by atoms with van der Waals surface area (Å²) >= 11 is 0. The highest BCUT2D eigenvalue weighted by Gasteiger charge is 2.44. The van der Waals surface area contributed by atoms with Crippen molar-refractivity contribution in [3.63, 3.8) is 0 Å².